The first kappa shape index (κ1) is 22.6. The third-order valence-electron chi connectivity index (χ3n) is 5.15. The van der Waals surface area contributed by atoms with Gasteiger partial charge in [-0.05, 0) is 37.5 Å². The Balaban J connectivity index is 0.000000318. The number of aryl methyl sites for hydroxylation is 1. The molecule has 1 unspecified atom stereocenters. The molecule has 10 heteroatoms. The molecule has 1 atom stereocenters. The fourth-order valence-corrected chi connectivity index (χ4v) is 4.58. The van der Waals surface area contributed by atoms with Gasteiger partial charge in [-0.1, -0.05) is 0 Å². The third-order valence-corrected chi connectivity index (χ3v) is 6.13. The molecule has 0 amide bonds. The van der Waals surface area contributed by atoms with E-state index in [4.69, 9.17) is 14.6 Å². The molecule has 4 heterocycles. The Morgan fingerprint density at radius 2 is 2.03 bits per heavy atom. The van der Waals surface area contributed by atoms with Crippen molar-refractivity contribution in [3.63, 3.8) is 0 Å². The molecule has 1 N–H and O–H groups in total. The molecule has 2 aromatic heterocycles. The van der Waals surface area contributed by atoms with Crippen LogP contribution in [-0.4, -0.2) is 58.4 Å². The maximum Gasteiger partial charge on any atom is 0.490 e. The first-order valence-electron chi connectivity index (χ1n) is 9.72. The van der Waals surface area contributed by atoms with E-state index in [2.05, 4.69) is 33.9 Å². The average molecular weight is 443 g/mol. The van der Waals surface area contributed by atoms with Crippen LogP contribution in [0.5, 0.6) is 0 Å². The molecule has 2 aliphatic rings. The van der Waals surface area contributed by atoms with E-state index in [1.54, 1.807) is 6.33 Å². The van der Waals surface area contributed by atoms with E-state index in [1.807, 2.05) is 11.3 Å². The van der Waals surface area contributed by atoms with Crippen molar-refractivity contribution in [1.29, 1.82) is 0 Å². The predicted octanol–water partition coefficient (Wildman–Crippen LogP) is 3.58. The first-order valence-corrected chi connectivity index (χ1v) is 10.5. The van der Waals surface area contributed by atoms with Gasteiger partial charge in [-0.15, -0.1) is 11.3 Å². The molecule has 2 aromatic rings. The fourth-order valence-electron chi connectivity index (χ4n) is 3.65. The molecule has 0 aliphatic carbocycles. The second-order valence-corrected chi connectivity index (χ2v) is 8.71. The summed E-state index contributed by atoms with van der Waals surface area (Å²) in [6.45, 7) is 7.11. The van der Waals surface area contributed by atoms with Crippen LogP contribution in [0.25, 0.3) is 0 Å². The number of hydrogen-bond donors (Lipinski definition) is 1. The summed E-state index contributed by atoms with van der Waals surface area (Å²) in [5.74, 6) is -2.29. The quantitative estimate of drug-likeness (QED) is 0.782. The van der Waals surface area contributed by atoms with Gasteiger partial charge in [0.1, 0.15) is 6.33 Å². The number of thiophene rings is 1. The number of fused-ring (bicyclic) bond motifs is 1. The number of aromatic nitrogens is 2. The minimum atomic E-state index is -5.08. The highest BCUT2D eigenvalue weighted by Crippen LogP contribution is 2.29. The Bertz CT molecular complexity index is 866. The smallest absolute Gasteiger partial charge is 0.475 e. The number of hydrogen-bond acceptors (Lipinski definition) is 6. The Kier molecular flexibility index (Phi) is 7.43. The van der Waals surface area contributed by atoms with Crippen LogP contribution in [0, 0.1) is 6.92 Å². The van der Waals surface area contributed by atoms with Gasteiger partial charge < -0.3 is 9.84 Å². The van der Waals surface area contributed by atoms with E-state index in [1.165, 1.54) is 26.7 Å². The number of carboxylic acids is 1. The van der Waals surface area contributed by atoms with E-state index >= 15 is 0 Å². The lowest BCUT2D eigenvalue weighted by Gasteiger charge is -2.18. The van der Waals surface area contributed by atoms with Gasteiger partial charge in [0, 0.05) is 54.0 Å². The van der Waals surface area contributed by atoms with Crippen LogP contribution in [0.2, 0.25) is 0 Å². The SMILES string of the molecule is Cc1ccc(CN2CCc3ncnc(C4CCOC4)c3CC2)s1.O=C(O)C(F)(F)F. The summed E-state index contributed by atoms with van der Waals surface area (Å²) in [5, 5.41) is 7.12. The van der Waals surface area contributed by atoms with Crippen molar-refractivity contribution in [2.75, 3.05) is 26.3 Å². The minimum Gasteiger partial charge on any atom is -0.475 e. The van der Waals surface area contributed by atoms with Crippen molar-refractivity contribution in [1.82, 2.24) is 14.9 Å². The number of carbonyl (C=O) groups is 1. The number of alkyl halides is 3. The Morgan fingerprint density at radius 3 is 2.63 bits per heavy atom. The molecule has 164 valence electrons. The molecule has 0 bridgehead atoms. The number of rotatable bonds is 3. The van der Waals surface area contributed by atoms with Crippen molar-refractivity contribution in [2.24, 2.45) is 0 Å². The number of carboxylic acid groups (broad SMARTS) is 1. The lowest BCUT2D eigenvalue weighted by atomic mass is 9.96. The summed E-state index contributed by atoms with van der Waals surface area (Å²) in [5.41, 5.74) is 3.90. The van der Waals surface area contributed by atoms with Crippen LogP contribution in [-0.2, 0) is 28.9 Å². The molecule has 6 nitrogen and oxygen atoms in total. The zero-order valence-electron chi connectivity index (χ0n) is 16.6. The number of nitrogens with zero attached hydrogens (tertiary/aromatic N) is 3. The minimum absolute atomic E-state index is 0.471. The fraction of sp³-hybridized carbons (Fsp3) is 0.550. The van der Waals surface area contributed by atoms with E-state index in [0.29, 0.717) is 5.92 Å². The largest absolute Gasteiger partial charge is 0.490 e. The molecule has 1 saturated heterocycles. The molecule has 0 aromatic carbocycles. The van der Waals surface area contributed by atoms with Gasteiger partial charge in [-0.2, -0.15) is 13.2 Å². The first-order chi connectivity index (χ1) is 14.2. The van der Waals surface area contributed by atoms with Gasteiger partial charge in [0.05, 0.1) is 12.3 Å². The summed E-state index contributed by atoms with van der Waals surface area (Å²) >= 11 is 1.91. The van der Waals surface area contributed by atoms with Crippen LogP contribution in [0.15, 0.2) is 18.5 Å². The lowest BCUT2D eigenvalue weighted by Crippen LogP contribution is -2.25. The van der Waals surface area contributed by atoms with Crippen molar-refractivity contribution >= 4 is 17.3 Å². The van der Waals surface area contributed by atoms with E-state index in [-0.39, 0.29) is 0 Å². The zero-order valence-corrected chi connectivity index (χ0v) is 17.4. The molecular formula is C20H24F3N3O3S. The molecular weight excluding hydrogens is 419 g/mol. The molecule has 1 fully saturated rings. The lowest BCUT2D eigenvalue weighted by molar-refractivity contribution is -0.192. The number of halogens is 3. The van der Waals surface area contributed by atoms with Crippen molar-refractivity contribution in [2.45, 2.75) is 44.8 Å². The summed E-state index contributed by atoms with van der Waals surface area (Å²) in [6.07, 6.45) is -0.137. The highest BCUT2D eigenvalue weighted by molar-refractivity contribution is 7.11. The van der Waals surface area contributed by atoms with Crippen molar-refractivity contribution in [3.05, 3.63) is 45.2 Å². The van der Waals surface area contributed by atoms with Crippen LogP contribution in [0.4, 0.5) is 13.2 Å². The van der Waals surface area contributed by atoms with Gasteiger partial charge >= 0.3 is 12.1 Å². The second kappa shape index (κ2) is 9.84. The van der Waals surface area contributed by atoms with Crippen LogP contribution >= 0.6 is 11.3 Å². The molecule has 4 rings (SSSR count). The van der Waals surface area contributed by atoms with Crippen LogP contribution in [0.3, 0.4) is 0 Å². The van der Waals surface area contributed by atoms with Gasteiger partial charge in [0.25, 0.3) is 0 Å². The van der Waals surface area contributed by atoms with Crippen LogP contribution < -0.4 is 0 Å². The van der Waals surface area contributed by atoms with Gasteiger partial charge in [0.15, 0.2) is 0 Å². The van der Waals surface area contributed by atoms with E-state index < -0.39 is 12.1 Å². The normalized spacial score (nSPS) is 19.5. The standard InChI is InChI=1S/C18H23N3OS.C2HF3O2/c1-13-2-3-15(23-13)10-21-7-4-16-17(5-8-21)19-12-20-18(16)14-6-9-22-11-14;3-2(4,5)1(6)7/h2-3,12,14H,4-11H2,1H3;(H,6,7). The number of ether oxygens (including phenoxy) is 1. The van der Waals surface area contributed by atoms with Crippen molar-refractivity contribution in [3.8, 4) is 0 Å². The van der Waals surface area contributed by atoms with Gasteiger partial charge in [-0.25, -0.2) is 14.8 Å². The maximum absolute atomic E-state index is 10.6. The maximum atomic E-state index is 10.6. The summed E-state index contributed by atoms with van der Waals surface area (Å²) in [7, 11) is 0. The molecule has 30 heavy (non-hydrogen) atoms. The van der Waals surface area contributed by atoms with E-state index in [9.17, 15) is 13.2 Å². The Morgan fingerprint density at radius 1 is 1.30 bits per heavy atom. The average Bonchev–Trinajstić information content (AvgIpc) is 3.31. The highest BCUT2D eigenvalue weighted by atomic mass is 32.1. The summed E-state index contributed by atoms with van der Waals surface area (Å²) < 4.78 is 37.3. The van der Waals surface area contributed by atoms with Gasteiger partial charge in [0.2, 0.25) is 0 Å². The van der Waals surface area contributed by atoms with Crippen molar-refractivity contribution < 1.29 is 27.8 Å². The molecule has 2 aliphatic heterocycles. The Hall–Kier alpha value is -2.04. The monoisotopic (exact) mass is 443 g/mol. The predicted molar refractivity (Wildman–Crippen MR) is 106 cm³/mol. The number of aliphatic carboxylic acids is 1. The zero-order chi connectivity index (χ0) is 21.7. The van der Waals surface area contributed by atoms with E-state index in [0.717, 1.165) is 52.1 Å². The molecule has 0 spiro atoms. The summed E-state index contributed by atoms with van der Waals surface area (Å²) in [4.78, 5) is 23.5. The second-order valence-electron chi connectivity index (χ2n) is 7.34. The highest BCUT2D eigenvalue weighted by Gasteiger charge is 2.38. The molecule has 0 saturated carbocycles. The molecule has 0 radical (unpaired) electrons. The van der Waals surface area contributed by atoms with Gasteiger partial charge in [-0.3, -0.25) is 4.90 Å². The topological polar surface area (TPSA) is 75.5 Å². The summed E-state index contributed by atoms with van der Waals surface area (Å²) in [6, 6.07) is 4.48. The van der Waals surface area contributed by atoms with Crippen LogP contribution in [0.1, 0.15) is 39.0 Å². The Labute approximate surface area is 176 Å². The third kappa shape index (κ3) is 5.99.